The van der Waals surface area contributed by atoms with Crippen molar-refractivity contribution in [3.05, 3.63) is 37.0 Å². The summed E-state index contributed by atoms with van der Waals surface area (Å²) >= 11 is 0. The van der Waals surface area contributed by atoms with Gasteiger partial charge in [0, 0.05) is 25.5 Å². The molecular weight excluding hydrogens is 907 g/mol. The highest BCUT2D eigenvalue weighted by Gasteiger charge is 2.45. The van der Waals surface area contributed by atoms with Crippen molar-refractivity contribution in [2.45, 2.75) is 270 Å². The van der Waals surface area contributed by atoms with Gasteiger partial charge in [0.2, 0.25) is 0 Å². The smallest absolute Gasteiger partial charge is 0.407 e. The lowest BCUT2D eigenvalue weighted by Crippen LogP contribution is -2.49. The summed E-state index contributed by atoms with van der Waals surface area (Å²) in [5.74, 6) is 0. The van der Waals surface area contributed by atoms with Crippen LogP contribution in [0.3, 0.4) is 0 Å². The zero-order valence-corrected chi connectivity index (χ0v) is 52.7. The third kappa shape index (κ3) is 22.9. The van der Waals surface area contributed by atoms with Crippen molar-refractivity contribution in [2.24, 2.45) is 0 Å². The quantitative estimate of drug-likeness (QED) is 0.0358. The largest absolute Gasteiger partial charge is 0.445 e. The molecule has 9 nitrogen and oxygen atoms in total. The van der Waals surface area contributed by atoms with Gasteiger partial charge in [-0.05, 0) is 123 Å². The number of hydrogen-bond donors (Lipinski definition) is 1. The van der Waals surface area contributed by atoms with E-state index >= 15 is 0 Å². The lowest BCUT2D eigenvalue weighted by atomic mass is 10.0. The second kappa shape index (κ2) is 25.9. The summed E-state index contributed by atoms with van der Waals surface area (Å²) in [6.07, 6.45) is 15.2. The Hall–Kier alpha value is -0.956. The molecule has 0 aliphatic heterocycles. The number of aldehydes is 1. The van der Waals surface area contributed by atoms with E-state index in [1.165, 1.54) is 0 Å². The molecule has 14 heteroatoms. The monoisotopic (exact) mass is 1010 g/mol. The first-order chi connectivity index (χ1) is 29.4. The fraction of sp³-hybridized carbons (Fsp3) is 0.846. The van der Waals surface area contributed by atoms with E-state index in [1.54, 1.807) is 6.08 Å². The van der Waals surface area contributed by atoms with Crippen LogP contribution in [0.4, 0.5) is 4.79 Å². The van der Waals surface area contributed by atoms with Gasteiger partial charge in [-0.15, -0.1) is 0 Å². The fourth-order valence-electron chi connectivity index (χ4n) is 5.94. The van der Waals surface area contributed by atoms with Crippen LogP contribution >= 0.6 is 0 Å². The molecule has 5 atom stereocenters. The lowest BCUT2D eigenvalue weighted by Gasteiger charge is -2.44. The number of amides is 1. The Morgan fingerprint density at radius 1 is 0.515 bits per heavy atom. The second-order valence-electron chi connectivity index (χ2n) is 26.5. The first-order valence-corrected chi connectivity index (χ1v) is 39.7. The summed E-state index contributed by atoms with van der Waals surface area (Å²) in [5, 5.41) is 2.98. The van der Waals surface area contributed by atoms with Crippen molar-refractivity contribution in [1.82, 2.24) is 5.32 Å². The van der Waals surface area contributed by atoms with Gasteiger partial charge in [-0.3, -0.25) is 0 Å². The van der Waals surface area contributed by atoms with Crippen molar-refractivity contribution >= 4 is 54.0 Å². The van der Waals surface area contributed by atoms with E-state index in [2.05, 4.69) is 206 Å². The summed E-state index contributed by atoms with van der Waals surface area (Å²) in [5.41, 5.74) is 0. The standard InChI is InChI=1S/C52H107NO8Si5/c1-27-39-56-47(55)53-37-30-35-43(58-63(19,20)49(5,6)7)32-28-31-42(57-62(17,18)48(2,3)4)33-29-34-44(59-64(21,22)50(8,9)10)40-46(61-66(25,26)52(14,15)16)41-45(36-38-54)60-65(23,24)51(11,12)13/h27-29,31,34,38,42-46H,1,30,32-33,35-37,39-41H2,2-26H3,(H,53,55)/b31-28+,34-29+/t42-,43+,44-,45+,46+/m1/s1. The number of ether oxygens (including phenoxy) is 1. The number of carbonyl (C=O) groups excluding carboxylic acids is 2. The molecule has 0 radical (unpaired) electrons. The Labute approximate surface area is 413 Å². The average Bonchev–Trinajstić information content (AvgIpc) is 3.09. The Kier molecular flexibility index (Phi) is 25.6. The maximum absolute atomic E-state index is 12.2. The number of hydrogen-bond acceptors (Lipinski definition) is 8. The summed E-state index contributed by atoms with van der Waals surface area (Å²) in [6.45, 7) is 61.6. The predicted molar refractivity (Wildman–Crippen MR) is 297 cm³/mol. The highest BCUT2D eigenvalue weighted by molar-refractivity contribution is 6.75. The van der Waals surface area contributed by atoms with Gasteiger partial charge in [-0.1, -0.05) is 141 Å². The van der Waals surface area contributed by atoms with Gasteiger partial charge in [-0.2, -0.15) is 0 Å². The van der Waals surface area contributed by atoms with E-state index in [4.69, 9.17) is 26.9 Å². The van der Waals surface area contributed by atoms with Crippen LogP contribution in [0.1, 0.15) is 149 Å². The normalized spacial score (nSPS) is 16.9. The van der Waals surface area contributed by atoms with E-state index in [-0.39, 0.29) is 62.3 Å². The van der Waals surface area contributed by atoms with Crippen LogP contribution in [0, 0.1) is 0 Å². The maximum Gasteiger partial charge on any atom is 0.407 e. The molecule has 0 heterocycles. The molecule has 0 bridgehead atoms. The van der Waals surface area contributed by atoms with Gasteiger partial charge >= 0.3 is 6.09 Å². The summed E-state index contributed by atoms with van der Waals surface area (Å²) in [4.78, 5) is 24.3. The summed E-state index contributed by atoms with van der Waals surface area (Å²) in [7, 11) is -10.9. The molecule has 0 saturated carbocycles. The molecule has 66 heavy (non-hydrogen) atoms. The molecule has 1 amide bonds. The molecule has 0 unspecified atom stereocenters. The number of nitrogens with one attached hydrogen (secondary N) is 1. The molecule has 0 aliphatic rings. The van der Waals surface area contributed by atoms with E-state index < -0.39 is 47.7 Å². The molecule has 0 aliphatic carbocycles. The lowest BCUT2D eigenvalue weighted by molar-refractivity contribution is -0.109. The van der Waals surface area contributed by atoms with Crippen molar-refractivity contribution < 1.29 is 36.5 Å². The Bertz CT molecular complexity index is 1520. The Morgan fingerprint density at radius 2 is 0.894 bits per heavy atom. The van der Waals surface area contributed by atoms with Crippen molar-refractivity contribution in [1.29, 1.82) is 0 Å². The predicted octanol–water partition coefficient (Wildman–Crippen LogP) is 15.9. The van der Waals surface area contributed by atoms with Gasteiger partial charge in [0.05, 0.1) is 24.4 Å². The Morgan fingerprint density at radius 3 is 1.32 bits per heavy atom. The van der Waals surface area contributed by atoms with Crippen molar-refractivity contribution in [2.75, 3.05) is 13.2 Å². The topological polar surface area (TPSA) is 102 Å². The number of rotatable bonds is 28. The molecule has 0 spiro atoms. The minimum absolute atomic E-state index is 0.000983. The highest BCUT2D eigenvalue weighted by Crippen LogP contribution is 2.43. The number of alkyl carbamates (subject to hydrolysis) is 1. The highest BCUT2D eigenvalue weighted by atomic mass is 28.4. The van der Waals surface area contributed by atoms with Crippen LogP contribution in [-0.4, -0.2) is 97.6 Å². The van der Waals surface area contributed by atoms with Gasteiger partial charge < -0.3 is 37.0 Å². The minimum atomic E-state index is -2.24. The first-order valence-electron chi connectivity index (χ1n) is 25.1. The van der Waals surface area contributed by atoms with Gasteiger partial charge in [0.15, 0.2) is 41.6 Å². The molecule has 0 aromatic heterocycles. The average molecular weight is 1010 g/mol. The molecule has 0 rings (SSSR count). The fourth-order valence-corrected chi connectivity index (χ4v) is 12.7. The van der Waals surface area contributed by atoms with Crippen molar-refractivity contribution in [3.63, 3.8) is 0 Å². The van der Waals surface area contributed by atoms with Crippen LogP contribution in [0.2, 0.25) is 90.7 Å². The minimum Gasteiger partial charge on any atom is -0.445 e. The molecule has 0 aromatic carbocycles. The maximum atomic E-state index is 12.2. The Balaban J connectivity index is 7.17. The second-order valence-corrected chi connectivity index (χ2v) is 50.3. The number of carbonyl (C=O) groups is 2. The molecule has 1 N–H and O–H groups in total. The van der Waals surface area contributed by atoms with Gasteiger partial charge in [0.25, 0.3) is 0 Å². The zero-order chi connectivity index (χ0) is 52.0. The van der Waals surface area contributed by atoms with Gasteiger partial charge in [-0.25, -0.2) is 4.79 Å². The van der Waals surface area contributed by atoms with Crippen LogP contribution < -0.4 is 5.32 Å². The van der Waals surface area contributed by atoms with E-state index in [1.807, 2.05) is 0 Å². The third-order valence-corrected chi connectivity index (χ3v) is 38.1. The van der Waals surface area contributed by atoms with E-state index in [9.17, 15) is 9.59 Å². The van der Waals surface area contributed by atoms with Crippen LogP contribution in [0.15, 0.2) is 37.0 Å². The van der Waals surface area contributed by atoms with Crippen molar-refractivity contribution in [3.8, 4) is 0 Å². The summed E-state index contributed by atoms with van der Waals surface area (Å²) in [6, 6.07) is 0. The SMILES string of the molecule is C=CCOC(=O)NCCC[C@H](C/C=C/[C@H](C/C=C/[C@H](C[C@@H](C[C@H](CC=O)O[Si](C)(C)C(C)(C)C)O[Si](C)(C)C(C)(C)C)O[Si](C)(C)C(C)(C)C)O[Si](C)(C)C(C)(C)C)O[Si](C)(C)C(C)(C)C. The third-order valence-electron chi connectivity index (χ3n) is 15.5. The van der Waals surface area contributed by atoms with Crippen LogP contribution in [0.5, 0.6) is 0 Å². The summed E-state index contributed by atoms with van der Waals surface area (Å²) < 4.78 is 40.9. The van der Waals surface area contributed by atoms with Crippen LogP contribution in [-0.2, 0) is 31.7 Å². The van der Waals surface area contributed by atoms with E-state index in [0.29, 0.717) is 32.2 Å². The molecule has 0 saturated heterocycles. The molecule has 0 aromatic rings. The van der Waals surface area contributed by atoms with Crippen LogP contribution in [0.25, 0.3) is 0 Å². The molecule has 388 valence electrons. The van der Waals surface area contributed by atoms with Gasteiger partial charge in [0.1, 0.15) is 12.9 Å². The van der Waals surface area contributed by atoms with E-state index in [0.717, 1.165) is 25.5 Å². The molecule has 0 fully saturated rings. The first kappa shape index (κ1) is 65.0. The zero-order valence-electron chi connectivity index (χ0n) is 47.7. The molecular formula is C52H107NO8Si5.